The van der Waals surface area contributed by atoms with E-state index < -0.39 is 0 Å². The molecule has 0 radical (unpaired) electrons. The standard InChI is InChI=1S/C21H26N6O2/c1-22-21(25-12-11-24-20(29)17-4-2-10-23-15-17)26-14-16-6-8-18(9-7-16)27-13-3-5-19(27)28/h2,4,6-10,15H,3,5,11-14H2,1H3,(H,24,29)(H2,22,25,26). The van der Waals surface area contributed by atoms with Crippen molar-refractivity contribution < 1.29 is 9.59 Å². The Morgan fingerprint density at radius 1 is 1.14 bits per heavy atom. The van der Waals surface area contributed by atoms with Crippen LogP contribution in [0.5, 0.6) is 0 Å². The Bertz CT molecular complexity index is 851. The zero-order valence-corrected chi connectivity index (χ0v) is 16.5. The van der Waals surface area contributed by atoms with E-state index in [1.807, 2.05) is 29.2 Å². The van der Waals surface area contributed by atoms with Crippen LogP contribution in [0.1, 0.15) is 28.8 Å². The van der Waals surface area contributed by atoms with Crippen LogP contribution in [0.2, 0.25) is 0 Å². The lowest BCUT2D eigenvalue weighted by atomic mass is 10.2. The number of hydrogen-bond donors (Lipinski definition) is 3. The molecule has 0 aliphatic carbocycles. The largest absolute Gasteiger partial charge is 0.355 e. The maximum atomic E-state index is 12.0. The van der Waals surface area contributed by atoms with Crippen molar-refractivity contribution in [1.82, 2.24) is 20.9 Å². The Balaban J connectivity index is 1.39. The highest BCUT2D eigenvalue weighted by Crippen LogP contribution is 2.21. The zero-order chi connectivity index (χ0) is 20.5. The number of nitrogens with zero attached hydrogens (tertiary/aromatic N) is 3. The van der Waals surface area contributed by atoms with Gasteiger partial charge in [-0.1, -0.05) is 12.1 Å². The number of carbonyl (C=O) groups is 2. The number of aliphatic imine (C=N–C) groups is 1. The smallest absolute Gasteiger partial charge is 0.252 e. The van der Waals surface area contributed by atoms with Crippen LogP contribution in [0.15, 0.2) is 53.8 Å². The molecular formula is C21H26N6O2. The number of nitrogens with one attached hydrogen (secondary N) is 3. The number of amides is 2. The Morgan fingerprint density at radius 3 is 2.59 bits per heavy atom. The van der Waals surface area contributed by atoms with E-state index in [2.05, 4.69) is 25.9 Å². The van der Waals surface area contributed by atoms with Crippen molar-refractivity contribution in [2.45, 2.75) is 19.4 Å². The minimum atomic E-state index is -0.153. The van der Waals surface area contributed by atoms with E-state index in [4.69, 9.17) is 0 Å². The Kier molecular flexibility index (Phi) is 7.16. The normalized spacial score (nSPS) is 14.0. The van der Waals surface area contributed by atoms with Gasteiger partial charge in [-0.25, -0.2) is 0 Å². The maximum absolute atomic E-state index is 12.0. The van der Waals surface area contributed by atoms with Crippen LogP contribution in [0.25, 0.3) is 0 Å². The van der Waals surface area contributed by atoms with Gasteiger partial charge < -0.3 is 20.9 Å². The van der Waals surface area contributed by atoms with Crippen molar-refractivity contribution in [1.29, 1.82) is 0 Å². The molecule has 1 aromatic carbocycles. The van der Waals surface area contributed by atoms with E-state index in [1.54, 1.807) is 25.4 Å². The molecule has 1 aliphatic heterocycles. The molecule has 0 bridgehead atoms. The van der Waals surface area contributed by atoms with Crippen LogP contribution in [0, 0.1) is 0 Å². The van der Waals surface area contributed by atoms with Crippen molar-refractivity contribution in [2.75, 3.05) is 31.6 Å². The van der Waals surface area contributed by atoms with E-state index in [1.165, 1.54) is 6.20 Å². The Labute approximate surface area is 170 Å². The van der Waals surface area contributed by atoms with Crippen molar-refractivity contribution >= 4 is 23.5 Å². The number of hydrogen-bond acceptors (Lipinski definition) is 4. The predicted octanol–water partition coefficient (Wildman–Crippen LogP) is 1.30. The molecule has 8 heteroatoms. The monoisotopic (exact) mass is 394 g/mol. The molecule has 1 aromatic heterocycles. The molecule has 8 nitrogen and oxygen atoms in total. The van der Waals surface area contributed by atoms with Gasteiger partial charge in [-0.3, -0.25) is 19.6 Å². The number of rotatable bonds is 7. The highest BCUT2D eigenvalue weighted by molar-refractivity contribution is 5.95. The van der Waals surface area contributed by atoms with E-state index in [9.17, 15) is 9.59 Å². The van der Waals surface area contributed by atoms with E-state index in [-0.39, 0.29) is 11.8 Å². The van der Waals surface area contributed by atoms with Gasteiger partial charge in [0.2, 0.25) is 5.91 Å². The highest BCUT2D eigenvalue weighted by atomic mass is 16.2. The summed E-state index contributed by atoms with van der Waals surface area (Å²) in [5.41, 5.74) is 2.57. The van der Waals surface area contributed by atoms with Crippen LogP contribution in [0.3, 0.4) is 0 Å². The maximum Gasteiger partial charge on any atom is 0.252 e. The van der Waals surface area contributed by atoms with Crippen molar-refractivity contribution in [3.05, 3.63) is 59.9 Å². The van der Waals surface area contributed by atoms with Gasteiger partial charge in [0.15, 0.2) is 5.96 Å². The summed E-state index contributed by atoms with van der Waals surface area (Å²) in [7, 11) is 1.70. The molecule has 1 fully saturated rings. The topological polar surface area (TPSA) is 98.7 Å². The minimum Gasteiger partial charge on any atom is -0.355 e. The first kappa shape index (κ1) is 20.3. The Morgan fingerprint density at radius 2 is 1.93 bits per heavy atom. The van der Waals surface area contributed by atoms with Crippen molar-refractivity contribution in [3.63, 3.8) is 0 Å². The Hall–Kier alpha value is -3.42. The minimum absolute atomic E-state index is 0.153. The quantitative estimate of drug-likeness (QED) is 0.374. The van der Waals surface area contributed by atoms with Gasteiger partial charge in [-0.2, -0.15) is 0 Å². The molecule has 1 saturated heterocycles. The van der Waals surface area contributed by atoms with Crippen molar-refractivity contribution in [2.24, 2.45) is 4.99 Å². The molecular weight excluding hydrogens is 368 g/mol. The van der Waals surface area contributed by atoms with Gasteiger partial charge >= 0.3 is 0 Å². The third-order valence-corrected chi connectivity index (χ3v) is 4.63. The summed E-state index contributed by atoms with van der Waals surface area (Å²) in [4.78, 5) is 33.7. The van der Waals surface area contributed by atoms with Crippen LogP contribution >= 0.6 is 0 Å². The molecule has 0 unspecified atom stereocenters. The second kappa shape index (κ2) is 10.2. The predicted molar refractivity (Wildman–Crippen MR) is 113 cm³/mol. The van der Waals surface area contributed by atoms with E-state index in [0.29, 0.717) is 37.6 Å². The van der Waals surface area contributed by atoms with Crippen LogP contribution < -0.4 is 20.9 Å². The van der Waals surface area contributed by atoms with Gasteiger partial charge in [-0.15, -0.1) is 0 Å². The summed E-state index contributed by atoms with van der Waals surface area (Å²) < 4.78 is 0. The van der Waals surface area contributed by atoms with Crippen molar-refractivity contribution in [3.8, 4) is 0 Å². The summed E-state index contributed by atoms with van der Waals surface area (Å²) >= 11 is 0. The average Bonchev–Trinajstić information content (AvgIpc) is 3.20. The number of guanidine groups is 1. The fraction of sp³-hybridized carbons (Fsp3) is 0.333. The van der Waals surface area contributed by atoms with Gasteiger partial charge in [0.1, 0.15) is 0 Å². The molecule has 2 aromatic rings. The lowest BCUT2D eigenvalue weighted by Gasteiger charge is -2.16. The van der Waals surface area contributed by atoms with Gasteiger partial charge in [0, 0.05) is 57.7 Å². The molecule has 3 N–H and O–H groups in total. The van der Waals surface area contributed by atoms with Crippen LogP contribution in [-0.4, -0.2) is 49.4 Å². The summed E-state index contributed by atoms with van der Waals surface area (Å²) in [6, 6.07) is 11.4. The SMILES string of the molecule is CN=C(NCCNC(=O)c1cccnc1)NCc1ccc(N2CCCC2=O)cc1. The lowest BCUT2D eigenvalue weighted by Crippen LogP contribution is -2.41. The molecule has 152 valence electrons. The molecule has 3 rings (SSSR count). The number of carbonyl (C=O) groups excluding carboxylic acids is 2. The molecule has 2 heterocycles. The highest BCUT2D eigenvalue weighted by Gasteiger charge is 2.21. The zero-order valence-electron chi connectivity index (χ0n) is 16.5. The molecule has 1 aliphatic rings. The second-order valence-corrected chi connectivity index (χ2v) is 6.67. The first-order valence-electron chi connectivity index (χ1n) is 9.69. The summed E-state index contributed by atoms with van der Waals surface area (Å²) in [5, 5.41) is 9.24. The molecule has 29 heavy (non-hydrogen) atoms. The second-order valence-electron chi connectivity index (χ2n) is 6.67. The number of anilines is 1. The average molecular weight is 394 g/mol. The lowest BCUT2D eigenvalue weighted by molar-refractivity contribution is -0.117. The first-order chi connectivity index (χ1) is 14.2. The summed E-state index contributed by atoms with van der Waals surface area (Å²) in [6.45, 7) is 2.41. The third kappa shape index (κ3) is 5.78. The molecule has 0 spiro atoms. The molecule has 0 atom stereocenters. The number of pyridine rings is 1. The van der Waals surface area contributed by atoms with Gasteiger partial charge in [0.25, 0.3) is 5.91 Å². The number of aromatic nitrogens is 1. The van der Waals surface area contributed by atoms with Crippen LogP contribution in [0.4, 0.5) is 5.69 Å². The first-order valence-corrected chi connectivity index (χ1v) is 9.69. The fourth-order valence-electron chi connectivity index (χ4n) is 3.08. The molecule has 2 amide bonds. The van der Waals surface area contributed by atoms with E-state index in [0.717, 1.165) is 24.2 Å². The summed E-state index contributed by atoms with van der Waals surface area (Å²) in [6.07, 6.45) is 4.72. The number of benzene rings is 1. The fourth-order valence-corrected chi connectivity index (χ4v) is 3.08. The molecule has 0 saturated carbocycles. The van der Waals surface area contributed by atoms with Crippen LogP contribution in [-0.2, 0) is 11.3 Å². The third-order valence-electron chi connectivity index (χ3n) is 4.63. The van der Waals surface area contributed by atoms with Gasteiger partial charge in [0.05, 0.1) is 5.56 Å². The summed E-state index contributed by atoms with van der Waals surface area (Å²) in [5.74, 6) is 0.690. The van der Waals surface area contributed by atoms with E-state index >= 15 is 0 Å². The van der Waals surface area contributed by atoms with Gasteiger partial charge in [-0.05, 0) is 36.2 Å².